The minimum Gasteiger partial charge on any atom is -0.497 e. The molecule has 0 radical (unpaired) electrons. The third-order valence-electron chi connectivity index (χ3n) is 6.64. The highest BCUT2D eigenvalue weighted by molar-refractivity contribution is 5.31. The summed E-state index contributed by atoms with van der Waals surface area (Å²) in [7, 11) is 1.71. The lowest BCUT2D eigenvalue weighted by Crippen LogP contribution is -2.54. The third-order valence-corrected chi connectivity index (χ3v) is 6.64. The normalized spacial score (nSPS) is 28.6. The summed E-state index contributed by atoms with van der Waals surface area (Å²) in [6, 6.07) is 17.6. The standard InChI is InChI=1S/C24H31NO2/c1-18-6-8-19(9-7-18)17-25-16-15-24(26)14-4-3-5-22(24)23(25)20-10-12-21(27-2)13-11-20/h6-13,22-23,26H,3-5,14-17H2,1-2H3/t22-,23+,24+/m0/s1. The lowest BCUT2D eigenvalue weighted by molar-refractivity contribution is -0.126. The van der Waals surface area contributed by atoms with Crippen LogP contribution < -0.4 is 4.74 Å². The number of hydrogen-bond donors (Lipinski definition) is 1. The van der Waals surface area contributed by atoms with E-state index in [1.165, 1.54) is 23.1 Å². The van der Waals surface area contributed by atoms with Gasteiger partial charge >= 0.3 is 0 Å². The van der Waals surface area contributed by atoms with Crippen molar-refractivity contribution in [2.45, 2.75) is 57.2 Å². The fourth-order valence-electron chi connectivity index (χ4n) is 5.09. The van der Waals surface area contributed by atoms with E-state index >= 15 is 0 Å². The first-order valence-corrected chi connectivity index (χ1v) is 10.2. The lowest BCUT2D eigenvalue weighted by atomic mass is 9.66. The van der Waals surface area contributed by atoms with Crippen molar-refractivity contribution in [1.82, 2.24) is 4.90 Å². The first kappa shape index (κ1) is 18.5. The van der Waals surface area contributed by atoms with Gasteiger partial charge in [0.15, 0.2) is 0 Å². The van der Waals surface area contributed by atoms with E-state index in [-0.39, 0.29) is 6.04 Å². The van der Waals surface area contributed by atoms with Crippen LogP contribution >= 0.6 is 0 Å². The number of nitrogens with zero attached hydrogens (tertiary/aromatic N) is 1. The Morgan fingerprint density at radius 3 is 2.48 bits per heavy atom. The largest absolute Gasteiger partial charge is 0.497 e. The summed E-state index contributed by atoms with van der Waals surface area (Å²) in [5, 5.41) is 11.4. The van der Waals surface area contributed by atoms with Gasteiger partial charge in [-0.15, -0.1) is 0 Å². The van der Waals surface area contributed by atoms with Crippen molar-refractivity contribution in [3.63, 3.8) is 0 Å². The molecule has 1 saturated heterocycles. The van der Waals surface area contributed by atoms with Gasteiger partial charge in [0.25, 0.3) is 0 Å². The van der Waals surface area contributed by atoms with Gasteiger partial charge in [0.2, 0.25) is 0 Å². The number of benzene rings is 2. The molecular formula is C24H31NO2. The molecule has 3 atom stereocenters. The van der Waals surface area contributed by atoms with E-state index in [1.54, 1.807) is 7.11 Å². The van der Waals surface area contributed by atoms with Gasteiger partial charge in [-0.1, -0.05) is 54.8 Å². The summed E-state index contributed by atoms with van der Waals surface area (Å²) in [6.07, 6.45) is 5.31. The number of methoxy groups -OCH3 is 1. The summed E-state index contributed by atoms with van der Waals surface area (Å²) in [5.74, 6) is 1.19. The number of rotatable bonds is 4. The van der Waals surface area contributed by atoms with Gasteiger partial charge in [-0.05, 0) is 49.4 Å². The van der Waals surface area contributed by atoms with Gasteiger partial charge in [0.1, 0.15) is 5.75 Å². The van der Waals surface area contributed by atoms with Crippen molar-refractivity contribution in [3.8, 4) is 5.75 Å². The number of likely N-dealkylation sites (tertiary alicyclic amines) is 1. The van der Waals surface area contributed by atoms with Crippen LogP contribution in [0, 0.1) is 12.8 Å². The third kappa shape index (κ3) is 3.76. The molecule has 1 saturated carbocycles. The summed E-state index contributed by atoms with van der Waals surface area (Å²) in [5.41, 5.74) is 3.44. The van der Waals surface area contributed by atoms with Crippen molar-refractivity contribution in [1.29, 1.82) is 0 Å². The summed E-state index contributed by atoms with van der Waals surface area (Å²) in [6.45, 7) is 4.01. The molecule has 0 aromatic heterocycles. The molecular weight excluding hydrogens is 334 g/mol. The van der Waals surface area contributed by atoms with E-state index in [2.05, 4.69) is 60.4 Å². The molecule has 1 N–H and O–H groups in total. The van der Waals surface area contributed by atoms with Crippen LogP contribution in [0.2, 0.25) is 0 Å². The van der Waals surface area contributed by atoms with Crippen molar-refractivity contribution in [3.05, 3.63) is 65.2 Å². The number of aryl methyl sites for hydroxylation is 1. The van der Waals surface area contributed by atoms with E-state index < -0.39 is 5.60 Å². The SMILES string of the molecule is COc1ccc([C@@H]2[C@@H]3CCCC[C@@]3(O)CCN2Cc2ccc(C)cc2)cc1. The second-order valence-corrected chi connectivity index (χ2v) is 8.38. The zero-order chi connectivity index (χ0) is 18.9. The minimum atomic E-state index is -0.507. The monoisotopic (exact) mass is 365 g/mol. The molecule has 1 aliphatic carbocycles. The van der Waals surface area contributed by atoms with E-state index in [4.69, 9.17) is 4.74 Å². The van der Waals surface area contributed by atoms with E-state index in [9.17, 15) is 5.11 Å². The fraction of sp³-hybridized carbons (Fsp3) is 0.500. The molecule has 1 heterocycles. The maximum Gasteiger partial charge on any atom is 0.118 e. The predicted octanol–water partition coefficient (Wildman–Crippen LogP) is 4.87. The Kier molecular flexibility index (Phi) is 5.25. The fourth-order valence-corrected chi connectivity index (χ4v) is 5.09. The van der Waals surface area contributed by atoms with Crippen LogP contribution in [-0.2, 0) is 6.54 Å². The maximum atomic E-state index is 11.4. The number of piperidine rings is 1. The van der Waals surface area contributed by atoms with Crippen LogP contribution in [0.25, 0.3) is 0 Å². The zero-order valence-corrected chi connectivity index (χ0v) is 16.5. The molecule has 0 unspecified atom stereocenters. The smallest absolute Gasteiger partial charge is 0.118 e. The lowest BCUT2D eigenvalue weighted by Gasteiger charge is -2.52. The van der Waals surface area contributed by atoms with Crippen molar-refractivity contribution >= 4 is 0 Å². The molecule has 2 fully saturated rings. The molecule has 0 amide bonds. The Labute approximate surface area is 163 Å². The average molecular weight is 366 g/mol. The molecule has 3 nitrogen and oxygen atoms in total. The molecule has 0 bridgehead atoms. The Bertz CT molecular complexity index is 755. The summed E-state index contributed by atoms with van der Waals surface area (Å²) >= 11 is 0. The van der Waals surface area contributed by atoms with Gasteiger partial charge in [-0.3, -0.25) is 4.90 Å². The van der Waals surface area contributed by atoms with Crippen LogP contribution in [0.1, 0.15) is 54.8 Å². The number of aliphatic hydroxyl groups is 1. The minimum absolute atomic E-state index is 0.260. The maximum absolute atomic E-state index is 11.4. The van der Waals surface area contributed by atoms with Crippen LogP contribution in [0.3, 0.4) is 0 Å². The highest BCUT2D eigenvalue weighted by atomic mass is 16.5. The molecule has 2 aromatic rings. The topological polar surface area (TPSA) is 32.7 Å². The molecule has 1 aliphatic heterocycles. The average Bonchev–Trinajstić information content (AvgIpc) is 2.70. The molecule has 4 rings (SSSR count). The first-order valence-electron chi connectivity index (χ1n) is 10.2. The molecule has 0 spiro atoms. The van der Waals surface area contributed by atoms with Gasteiger partial charge in [0.05, 0.1) is 12.7 Å². The second kappa shape index (κ2) is 7.65. The van der Waals surface area contributed by atoms with Crippen LogP contribution in [0.5, 0.6) is 5.75 Å². The summed E-state index contributed by atoms with van der Waals surface area (Å²) in [4.78, 5) is 2.58. The van der Waals surface area contributed by atoms with Crippen LogP contribution in [0.4, 0.5) is 0 Å². The first-order chi connectivity index (χ1) is 13.1. The van der Waals surface area contributed by atoms with E-state index in [0.717, 1.165) is 44.5 Å². The Balaban J connectivity index is 1.66. The van der Waals surface area contributed by atoms with Crippen LogP contribution in [-0.4, -0.2) is 29.3 Å². The highest BCUT2D eigenvalue weighted by Gasteiger charge is 2.48. The molecule has 2 aromatic carbocycles. The van der Waals surface area contributed by atoms with Gasteiger partial charge in [-0.2, -0.15) is 0 Å². The Morgan fingerprint density at radius 2 is 1.78 bits per heavy atom. The molecule has 3 heteroatoms. The van der Waals surface area contributed by atoms with Gasteiger partial charge < -0.3 is 9.84 Å². The van der Waals surface area contributed by atoms with Crippen molar-refractivity contribution in [2.75, 3.05) is 13.7 Å². The van der Waals surface area contributed by atoms with E-state index in [0.29, 0.717) is 5.92 Å². The Morgan fingerprint density at radius 1 is 1.04 bits per heavy atom. The number of hydrogen-bond acceptors (Lipinski definition) is 3. The molecule has 144 valence electrons. The van der Waals surface area contributed by atoms with Crippen molar-refractivity contribution < 1.29 is 9.84 Å². The number of fused-ring (bicyclic) bond motifs is 1. The quantitative estimate of drug-likeness (QED) is 0.839. The highest BCUT2D eigenvalue weighted by Crippen LogP contribution is 2.49. The van der Waals surface area contributed by atoms with Crippen LogP contribution in [0.15, 0.2) is 48.5 Å². The second-order valence-electron chi connectivity index (χ2n) is 8.38. The zero-order valence-electron chi connectivity index (χ0n) is 16.5. The molecule has 2 aliphatic rings. The predicted molar refractivity (Wildman–Crippen MR) is 109 cm³/mol. The Hall–Kier alpha value is -1.84. The van der Waals surface area contributed by atoms with Gasteiger partial charge in [0, 0.05) is 25.0 Å². The number of ether oxygens (including phenoxy) is 1. The van der Waals surface area contributed by atoms with E-state index in [1.807, 2.05) is 0 Å². The van der Waals surface area contributed by atoms with Gasteiger partial charge in [-0.25, -0.2) is 0 Å². The van der Waals surface area contributed by atoms with Crippen molar-refractivity contribution in [2.24, 2.45) is 5.92 Å². The summed E-state index contributed by atoms with van der Waals surface area (Å²) < 4.78 is 5.35. The molecule has 27 heavy (non-hydrogen) atoms.